The van der Waals surface area contributed by atoms with Crippen LogP contribution < -0.4 is 17.0 Å². The highest BCUT2D eigenvalue weighted by atomic mass is 32.2. The van der Waals surface area contributed by atoms with Gasteiger partial charge in [-0.1, -0.05) is 18.7 Å². The predicted octanol–water partition coefficient (Wildman–Crippen LogP) is -0.157. The molecule has 2 unspecified atom stereocenters. The third kappa shape index (κ3) is 4.20. The molecule has 1 aromatic heterocycles. The van der Waals surface area contributed by atoms with Crippen LogP contribution in [-0.2, 0) is 4.79 Å². The Labute approximate surface area is 103 Å². The van der Waals surface area contributed by atoms with Crippen LogP contribution in [-0.4, -0.2) is 26.7 Å². The predicted molar refractivity (Wildman–Crippen MR) is 66.6 cm³/mol. The second-order valence-electron chi connectivity index (χ2n) is 4.15. The summed E-state index contributed by atoms with van der Waals surface area (Å²) < 4.78 is 0. The van der Waals surface area contributed by atoms with Crippen molar-refractivity contribution in [1.82, 2.24) is 9.97 Å². The van der Waals surface area contributed by atoms with Crippen LogP contribution in [0.25, 0.3) is 0 Å². The summed E-state index contributed by atoms with van der Waals surface area (Å²) in [5.41, 5.74) is 9.69. The number of rotatable bonds is 5. The molecule has 0 bridgehead atoms. The lowest BCUT2D eigenvalue weighted by Crippen LogP contribution is -2.50. The van der Waals surface area contributed by atoms with Crippen molar-refractivity contribution < 1.29 is 4.79 Å². The number of amides is 1. The second kappa shape index (κ2) is 5.33. The van der Waals surface area contributed by atoms with Gasteiger partial charge in [0.1, 0.15) is 0 Å². The Hall–Kier alpha value is -1.34. The number of hydrogen-bond donors (Lipinski definition) is 3. The molecular weight excluding hydrogens is 240 g/mol. The van der Waals surface area contributed by atoms with Gasteiger partial charge >= 0.3 is 0 Å². The van der Waals surface area contributed by atoms with Crippen molar-refractivity contribution in [3.05, 3.63) is 22.6 Å². The summed E-state index contributed by atoms with van der Waals surface area (Å²) >= 11 is 1.35. The molecule has 1 aromatic rings. The summed E-state index contributed by atoms with van der Waals surface area (Å²) in [5, 5.41) is 0.522. The number of H-pyrrole nitrogens is 1. The fraction of sp³-hybridized carbons (Fsp3) is 0.500. The number of aromatic amines is 1. The number of nitrogens with one attached hydrogen (secondary N) is 1. The van der Waals surface area contributed by atoms with E-state index >= 15 is 0 Å². The lowest BCUT2D eigenvalue weighted by Gasteiger charge is -2.23. The fourth-order valence-corrected chi connectivity index (χ4v) is 2.43. The Morgan fingerprint density at radius 3 is 2.88 bits per heavy atom. The Morgan fingerprint density at radius 1 is 1.71 bits per heavy atom. The molecular formula is C10H16N4O2S. The number of carbonyl (C=O) groups is 1. The summed E-state index contributed by atoms with van der Waals surface area (Å²) in [4.78, 5) is 28.7. The van der Waals surface area contributed by atoms with E-state index in [1.54, 1.807) is 6.92 Å². The normalized spacial score (nSPS) is 16.2. The lowest BCUT2D eigenvalue weighted by atomic mass is 9.97. The maximum absolute atomic E-state index is 11.1. The third-order valence-electron chi connectivity index (χ3n) is 2.24. The Morgan fingerprint density at radius 2 is 2.35 bits per heavy atom. The van der Waals surface area contributed by atoms with E-state index in [9.17, 15) is 9.59 Å². The highest BCUT2D eigenvalue weighted by Crippen LogP contribution is 2.24. The van der Waals surface area contributed by atoms with E-state index in [1.165, 1.54) is 24.0 Å². The van der Waals surface area contributed by atoms with Crippen LogP contribution >= 0.6 is 11.8 Å². The van der Waals surface area contributed by atoms with Gasteiger partial charge in [0.2, 0.25) is 5.91 Å². The Kier molecular flexibility index (Phi) is 4.30. The molecule has 0 aliphatic rings. The largest absolute Gasteiger partial charge is 0.368 e. The molecule has 1 heterocycles. The molecule has 17 heavy (non-hydrogen) atoms. The first-order valence-corrected chi connectivity index (χ1v) is 6.00. The molecule has 0 aliphatic carbocycles. The van der Waals surface area contributed by atoms with Crippen molar-refractivity contribution in [3.8, 4) is 0 Å². The number of thioether (sulfide) groups is 1. The summed E-state index contributed by atoms with van der Waals surface area (Å²) in [7, 11) is 0. The molecule has 6 nitrogen and oxygen atoms in total. The van der Waals surface area contributed by atoms with Gasteiger partial charge in [0.25, 0.3) is 5.56 Å². The molecule has 0 radical (unpaired) electrons. The van der Waals surface area contributed by atoms with Gasteiger partial charge < -0.3 is 16.5 Å². The fourth-order valence-electron chi connectivity index (χ4n) is 1.34. The number of nitrogens with zero attached hydrogens (tertiary/aromatic N) is 1. The van der Waals surface area contributed by atoms with E-state index in [0.29, 0.717) is 11.6 Å². The van der Waals surface area contributed by atoms with Crippen LogP contribution in [0.5, 0.6) is 0 Å². The first-order chi connectivity index (χ1) is 7.81. The summed E-state index contributed by atoms with van der Waals surface area (Å²) in [6, 6.07) is 1.34. The van der Waals surface area contributed by atoms with E-state index in [1.807, 2.05) is 6.92 Å². The minimum atomic E-state index is -1.05. The minimum Gasteiger partial charge on any atom is -0.368 e. The van der Waals surface area contributed by atoms with Gasteiger partial charge in [-0.05, 0) is 13.3 Å². The number of primary amides is 1. The van der Waals surface area contributed by atoms with E-state index < -0.39 is 11.4 Å². The van der Waals surface area contributed by atoms with Gasteiger partial charge in [0.15, 0.2) is 5.16 Å². The van der Waals surface area contributed by atoms with Crippen molar-refractivity contribution in [1.29, 1.82) is 0 Å². The van der Waals surface area contributed by atoms with E-state index in [2.05, 4.69) is 9.97 Å². The molecule has 1 amide bonds. The molecule has 1 rings (SSSR count). The Bertz CT molecular complexity index is 458. The van der Waals surface area contributed by atoms with Crippen LogP contribution in [0.2, 0.25) is 0 Å². The van der Waals surface area contributed by atoms with E-state index in [0.717, 1.165) is 0 Å². The zero-order valence-electron chi connectivity index (χ0n) is 9.77. The van der Waals surface area contributed by atoms with Gasteiger partial charge in [0.05, 0.1) is 5.54 Å². The lowest BCUT2D eigenvalue weighted by molar-refractivity contribution is -0.122. The first-order valence-electron chi connectivity index (χ1n) is 5.12. The molecule has 0 aliphatic heterocycles. The SMILES string of the molecule is CC(CC(C)(N)C(N)=O)Sc1nccc(=O)[nH]1. The van der Waals surface area contributed by atoms with Gasteiger partial charge in [-0.3, -0.25) is 9.59 Å². The van der Waals surface area contributed by atoms with Crippen molar-refractivity contribution in [2.75, 3.05) is 0 Å². The van der Waals surface area contributed by atoms with Crippen LogP contribution in [0.3, 0.4) is 0 Å². The molecule has 0 fully saturated rings. The Balaban J connectivity index is 2.64. The zero-order chi connectivity index (χ0) is 13.1. The average molecular weight is 256 g/mol. The standard InChI is InChI=1S/C10H16N4O2S/c1-6(5-10(2,12)8(11)16)17-9-13-4-3-7(15)14-9/h3-4,6H,5,12H2,1-2H3,(H2,11,16)(H,13,14,15). The monoisotopic (exact) mass is 256 g/mol. The van der Waals surface area contributed by atoms with Crippen LogP contribution in [0.1, 0.15) is 20.3 Å². The second-order valence-corrected chi connectivity index (χ2v) is 5.58. The molecule has 0 saturated carbocycles. The smallest absolute Gasteiger partial charge is 0.251 e. The van der Waals surface area contributed by atoms with Gasteiger partial charge in [-0.15, -0.1) is 0 Å². The summed E-state index contributed by atoms with van der Waals surface area (Å²) in [6.45, 7) is 3.49. The molecule has 0 spiro atoms. The molecule has 5 N–H and O–H groups in total. The summed E-state index contributed by atoms with van der Waals surface area (Å²) in [5.74, 6) is -0.542. The third-order valence-corrected chi connectivity index (χ3v) is 3.23. The quantitative estimate of drug-likeness (QED) is 0.500. The molecule has 94 valence electrons. The van der Waals surface area contributed by atoms with Crippen LogP contribution in [0.15, 0.2) is 22.2 Å². The van der Waals surface area contributed by atoms with Gasteiger partial charge in [0, 0.05) is 17.5 Å². The number of carbonyl (C=O) groups excluding carboxylic acids is 1. The topological polar surface area (TPSA) is 115 Å². The van der Waals surface area contributed by atoms with Crippen LogP contribution in [0.4, 0.5) is 0 Å². The average Bonchev–Trinajstić information content (AvgIpc) is 2.15. The highest BCUT2D eigenvalue weighted by Gasteiger charge is 2.28. The zero-order valence-corrected chi connectivity index (χ0v) is 10.6. The van der Waals surface area contributed by atoms with E-state index in [4.69, 9.17) is 11.5 Å². The maximum Gasteiger partial charge on any atom is 0.251 e. The van der Waals surface area contributed by atoms with Crippen molar-refractivity contribution in [2.24, 2.45) is 11.5 Å². The van der Waals surface area contributed by atoms with Gasteiger partial charge in [-0.2, -0.15) is 0 Å². The molecule has 0 saturated heterocycles. The number of nitrogens with two attached hydrogens (primary N) is 2. The highest BCUT2D eigenvalue weighted by molar-refractivity contribution is 7.99. The van der Waals surface area contributed by atoms with Crippen molar-refractivity contribution in [3.63, 3.8) is 0 Å². The van der Waals surface area contributed by atoms with Crippen molar-refractivity contribution >= 4 is 17.7 Å². The molecule has 2 atom stereocenters. The van der Waals surface area contributed by atoms with Gasteiger partial charge in [-0.25, -0.2) is 4.98 Å². The molecule has 0 aromatic carbocycles. The summed E-state index contributed by atoms with van der Waals surface area (Å²) in [6.07, 6.45) is 1.84. The minimum absolute atomic E-state index is 0.0167. The van der Waals surface area contributed by atoms with E-state index in [-0.39, 0.29) is 10.8 Å². The van der Waals surface area contributed by atoms with Crippen LogP contribution in [0, 0.1) is 0 Å². The first kappa shape index (κ1) is 13.7. The maximum atomic E-state index is 11.1. The number of aromatic nitrogens is 2. The van der Waals surface area contributed by atoms with Crippen molar-refractivity contribution in [2.45, 2.75) is 36.2 Å². The molecule has 7 heteroatoms. The number of hydrogen-bond acceptors (Lipinski definition) is 5.